The Hall–Kier alpha value is -5.67. The minimum atomic E-state index is -2.86. The molecule has 0 amide bonds. The van der Waals surface area contributed by atoms with Crippen LogP contribution in [0.1, 0.15) is 59.6 Å². The van der Waals surface area contributed by atoms with Crippen LogP contribution >= 0.6 is 0 Å². The van der Waals surface area contributed by atoms with Crippen LogP contribution in [0.3, 0.4) is 0 Å². The Morgan fingerprint density at radius 2 is 1.15 bits per heavy atom. The lowest BCUT2D eigenvalue weighted by molar-refractivity contribution is 0.487. The van der Waals surface area contributed by atoms with Crippen molar-refractivity contribution in [3.63, 3.8) is 0 Å². The van der Waals surface area contributed by atoms with E-state index >= 15 is 0 Å². The average Bonchev–Trinajstić information content (AvgIpc) is 3.24. The van der Waals surface area contributed by atoms with Gasteiger partial charge in [0.1, 0.15) is 11.5 Å². The number of hydrogen-bond donors (Lipinski definition) is 0. The molecule has 0 spiro atoms. The fourth-order valence-electron chi connectivity index (χ4n) is 7.59. The van der Waals surface area contributed by atoms with Crippen LogP contribution in [0, 0.1) is 48.1 Å². The number of pyridine rings is 2. The van der Waals surface area contributed by atoms with E-state index in [1.807, 2.05) is 18.2 Å². The fourth-order valence-corrected chi connectivity index (χ4v) is 7.59. The third-order valence-electron chi connectivity index (χ3n) is 9.69. The van der Waals surface area contributed by atoms with Crippen molar-refractivity contribution in [2.75, 3.05) is 0 Å². The highest BCUT2D eigenvalue weighted by Gasteiger charge is 2.43. The molecule has 2 aromatic heterocycles. The molecule has 8 rings (SSSR count). The van der Waals surface area contributed by atoms with Gasteiger partial charge in [-0.15, -0.1) is 0 Å². The van der Waals surface area contributed by atoms with Crippen molar-refractivity contribution in [2.24, 2.45) is 0 Å². The molecule has 5 aromatic carbocycles. The van der Waals surface area contributed by atoms with Gasteiger partial charge in [-0.1, -0.05) is 140 Å². The van der Waals surface area contributed by atoms with Gasteiger partial charge in [0.05, 0.1) is 11.4 Å². The van der Waals surface area contributed by atoms with E-state index in [4.69, 9.17) is 25.3 Å². The first-order valence-corrected chi connectivity index (χ1v) is 17.0. The SMILES string of the molecule is [2H]C([2H])([2H])c1cccc(-c2cc(Oc3cccc(-c4ccccn4)c3)c3c(c2)B(c2c(C([2H])([2H])[2H])cc(C)cc2C([2H])([2H])[2H])c2ccccc2B3c2c(C([2H])([2H])[2H])cc(C)cc2C([2H])([2H])[2H])n1. The number of rotatable bonds is 6. The van der Waals surface area contributed by atoms with Crippen LogP contribution in [0.15, 0.2) is 128 Å². The zero-order valence-electron chi connectivity index (χ0n) is 43.6. The molecule has 3 heterocycles. The number of ether oxygens (including phenoxy) is 1. The summed E-state index contributed by atoms with van der Waals surface area (Å²) in [6.07, 6.45) is 1.64. The van der Waals surface area contributed by atoms with Crippen molar-refractivity contribution in [3.05, 3.63) is 167 Å². The first kappa shape index (κ1) is 20.4. The maximum absolute atomic E-state index is 8.87. The van der Waals surface area contributed by atoms with Crippen LogP contribution in [0.2, 0.25) is 0 Å². The monoisotopic (exact) mass is 687 g/mol. The molecular weight excluding hydrogens is 630 g/mol. The summed E-state index contributed by atoms with van der Waals surface area (Å²) in [5, 5.41) is 0. The standard InChI is InChI=1S/C47H42B2N2O/c1-29-22-31(3)45(32(4)23-29)48-39-17-8-9-18-40(39)49(46-33(5)24-30(2)25-34(46)6)47-41(48)27-37(43-20-12-14-35(7)51-43)28-44(47)52-38-16-13-15-36(26-38)42-19-10-11-21-50-42/h8-28H,1-7H3/i3D3,4D3,5D3,6D3,7D3. The van der Waals surface area contributed by atoms with Crippen LogP contribution in [0.4, 0.5) is 0 Å². The molecule has 0 aliphatic carbocycles. The first-order valence-electron chi connectivity index (χ1n) is 24.5. The van der Waals surface area contributed by atoms with E-state index in [0.717, 1.165) is 0 Å². The van der Waals surface area contributed by atoms with Gasteiger partial charge in [-0.3, -0.25) is 9.97 Å². The van der Waals surface area contributed by atoms with Gasteiger partial charge < -0.3 is 4.74 Å². The van der Waals surface area contributed by atoms with Crippen molar-refractivity contribution in [3.8, 4) is 34.0 Å². The van der Waals surface area contributed by atoms with E-state index in [-0.39, 0.29) is 72.6 Å². The summed E-state index contributed by atoms with van der Waals surface area (Å²) >= 11 is 0. The van der Waals surface area contributed by atoms with E-state index in [1.165, 1.54) is 36.4 Å². The van der Waals surface area contributed by atoms with Crippen molar-refractivity contribution in [2.45, 2.75) is 48.1 Å². The molecule has 1 aliphatic heterocycles. The molecule has 0 radical (unpaired) electrons. The molecule has 0 N–H and O–H groups in total. The summed E-state index contributed by atoms with van der Waals surface area (Å²) in [6, 6.07) is 32.8. The third-order valence-corrected chi connectivity index (χ3v) is 9.69. The molecular formula is C47H42B2N2O. The van der Waals surface area contributed by atoms with Gasteiger partial charge in [0, 0.05) is 43.6 Å². The quantitative estimate of drug-likeness (QED) is 0.175. The topological polar surface area (TPSA) is 35.0 Å². The van der Waals surface area contributed by atoms with E-state index in [0.29, 0.717) is 33.3 Å². The lowest BCUT2D eigenvalue weighted by atomic mass is 9.20. The Morgan fingerprint density at radius 1 is 0.519 bits per heavy atom. The number of nitrogens with zero attached hydrogens (tertiary/aromatic N) is 2. The van der Waals surface area contributed by atoms with Crippen molar-refractivity contribution in [1.82, 2.24) is 9.97 Å². The number of benzene rings is 5. The summed E-state index contributed by atoms with van der Waals surface area (Å²) in [5.74, 6) is 0.335. The predicted octanol–water partition coefficient (Wildman–Crippen LogP) is 7.11. The number of hydrogen-bond acceptors (Lipinski definition) is 3. The molecule has 0 fully saturated rings. The molecule has 3 nitrogen and oxygen atoms in total. The molecule has 0 atom stereocenters. The second kappa shape index (κ2) is 13.5. The Morgan fingerprint density at radius 3 is 1.81 bits per heavy atom. The van der Waals surface area contributed by atoms with Gasteiger partial charge in [-0.2, -0.15) is 0 Å². The van der Waals surface area contributed by atoms with E-state index in [1.54, 1.807) is 86.8 Å². The summed E-state index contributed by atoms with van der Waals surface area (Å²) in [6.45, 7) is -13.3. The van der Waals surface area contributed by atoms with Crippen LogP contribution < -0.4 is 37.5 Å². The average molecular weight is 688 g/mol. The van der Waals surface area contributed by atoms with Gasteiger partial charge in [-0.25, -0.2) is 0 Å². The molecule has 5 heteroatoms. The van der Waals surface area contributed by atoms with E-state index in [9.17, 15) is 0 Å². The van der Waals surface area contributed by atoms with Crippen molar-refractivity contribution in [1.29, 1.82) is 0 Å². The van der Waals surface area contributed by atoms with Crippen LogP contribution in [-0.2, 0) is 0 Å². The Labute approximate surface area is 330 Å². The molecule has 1 aliphatic rings. The third kappa shape index (κ3) is 6.05. The molecule has 7 aromatic rings. The van der Waals surface area contributed by atoms with Gasteiger partial charge in [0.25, 0.3) is 0 Å². The predicted molar refractivity (Wildman–Crippen MR) is 221 cm³/mol. The minimum absolute atomic E-state index is 0.0433. The van der Waals surface area contributed by atoms with Crippen LogP contribution in [-0.4, -0.2) is 23.4 Å². The van der Waals surface area contributed by atoms with Gasteiger partial charge in [0.15, 0.2) is 0 Å². The van der Waals surface area contributed by atoms with Gasteiger partial charge in [-0.05, 0) is 96.0 Å². The Bertz CT molecular complexity index is 2960. The first-order chi connectivity index (χ1) is 31.2. The second-order valence-electron chi connectivity index (χ2n) is 13.3. The normalized spacial score (nSPS) is 17.5. The maximum atomic E-state index is 8.87. The van der Waals surface area contributed by atoms with Crippen LogP contribution in [0.5, 0.6) is 11.5 Å². The van der Waals surface area contributed by atoms with Crippen LogP contribution in [0.25, 0.3) is 22.5 Å². The highest BCUT2D eigenvalue weighted by atomic mass is 16.5. The zero-order valence-corrected chi connectivity index (χ0v) is 28.6. The Kier molecular flexibility index (Phi) is 5.28. The van der Waals surface area contributed by atoms with Crippen molar-refractivity contribution < 1.29 is 25.3 Å². The minimum Gasteiger partial charge on any atom is -0.458 e. The molecule has 52 heavy (non-hydrogen) atoms. The maximum Gasteiger partial charge on any atom is 0.245 e. The number of fused-ring (bicyclic) bond motifs is 2. The lowest BCUT2D eigenvalue weighted by Gasteiger charge is -2.36. The fraction of sp³-hybridized carbons (Fsp3) is 0.149. The largest absolute Gasteiger partial charge is 0.458 e. The second-order valence-corrected chi connectivity index (χ2v) is 13.3. The molecule has 0 bridgehead atoms. The summed E-state index contributed by atoms with van der Waals surface area (Å²) in [7, 11) is 0. The smallest absolute Gasteiger partial charge is 0.245 e. The summed E-state index contributed by atoms with van der Waals surface area (Å²) < 4.78 is 138. The lowest BCUT2D eigenvalue weighted by Crippen LogP contribution is -2.76. The number of aromatic nitrogens is 2. The van der Waals surface area contributed by atoms with Gasteiger partial charge in [0.2, 0.25) is 13.4 Å². The summed E-state index contributed by atoms with van der Waals surface area (Å²) in [4.78, 5) is 9.05. The van der Waals surface area contributed by atoms with E-state index in [2.05, 4.69) is 9.97 Å². The van der Waals surface area contributed by atoms with Crippen molar-refractivity contribution >= 4 is 46.2 Å². The van der Waals surface area contributed by atoms with Gasteiger partial charge >= 0.3 is 0 Å². The van der Waals surface area contributed by atoms with E-state index < -0.39 is 47.7 Å². The molecule has 252 valence electrons. The Balaban J connectivity index is 1.60. The summed E-state index contributed by atoms with van der Waals surface area (Å²) in [5.41, 5.74) is 2.57. The molecule has 0 unspecified atom stereocenters. The zero-order chi connectivity index (χ0) is 48.6. The highest BCUT2D eigenvalue weighted by Crippen LogP contribution is 2.30. The number of aryl methyl sites for hydroxylation is 7. The highest BCUT2D eigenvalue weighted by molar-refractivity contribution is 7.12. The molecule has 0 saturated heterocycles. The molecule has 0 saturated carbocycles.